The quantitative estimate of drug-likeness (QED) is 0.664. The molecule has 0 aliphatic carbocycles. The van der Waals surface area contributed by atoms with E-state index in [0.29, 0.717) is 18.4 Å². The third kappa shape index (κ3) is 4.18. The number of aromatic nitrogens is 3. The molecule has 0 radical (unpaired) electrons. The summed E-state index contributed by atoms with van der Waals surface area (Å²) in [6.07, 6.45) is 1.56. The van der Waals surface area contributed by atoms with E-state index in [1.165, 1.54) is 0 Å². The van der Waals surface area contributed by atoms with Gasteiger partial charge in [0, 0.05) is 0 Å². The van der Waals surface area contributed by atoms with Crippen LogP contribution in [0, 0.1) is 6.92 Å². The SMILES string of the molecule is CCOc1ccccc1Nc1nncc(Nc2cc(C)ccc2OC)n1. The lowest BCUT2D eigenvalue weighted by Crippen LogP contribution is -2.04. The lowest BCUT2D eigenvalue weighted by Gasteiger charge is -2.13. The van der Waals surface area contributed by atoms with Crippen molar-refractivity contribution in [3.63, 3.8) is 0 Å². The van der Waals surface area contributed by atoms with Gasteiger partial charge in [-0.05, 0) is 43.7 Å². The Hall–Kier alpha value is -3.35. The van der Waals surface area contributed by atoms with Crippen LogP contribution in [0.5, 0.6) is 11.5 Å². The fraction of sp³-hybridized carbons (Fsp3) is 0.211. The van der Waals surface area contributed by atoms with Gasteiger partial charge in [0.25, 0.3) is 0 Å². The second-order valence-corrected chi connectivity index (χ2v) is 5.55. The van der Waals surface area contributed by atoms with Crippen LogP contribution < -0.4 is 20.1 Å². The molecule has 0 saturated heterocycles. The van der Waals surface area contributed by atoms with Gasteiger partial charge in [0.05, 0.1) is 31.3 Å². The first-order chi connectivity index (χ1) is 12.7. The second-order valence-electron chi connectivity index (χ2n) is 5.55. The summed E-state index contributed by atoms with van der Waals surface area (Å²) >= 11 is 0. The average Bonchev–Trinajstić information content (AvgIpc) is 2.64. The first-order valence-corrected chi connectivity index (χ1v) is 8.30. The molecule has 2 N–H and O–H groups in total. The molecule has 0 spiro atoms. The number of benzene rings is 2. The van der Waals surface area contributed by atoms with Gasteiger partial charge in [0.1, 0.15) is 11.5 Å². The lowest BCUT2D eigenvalue weighted by molar-refractivity contribution is 0.342. The van der Waals surface area contributed by atoms with Crippen LogP contribution >= 0.6 is 0 Å². The van der Waals surface area contributed by atoms with E-state index in [-0.39, 0.29) is 0 Å². The zero-order valence-corrected chi connectivity index (χ0v) is 15.0. The smallest absolute Gasteiger partial charge is 0.249 e. The van der Waals surface area contributed by atoms with Crippen LogP contribution in [0.25, 0.3) is 0 Å². The van der Waals surface area contributed by atoms with E-state index < -0.39 is 0 Å². The van der Waals surface area contributed by atoms with Crippen LogP contribution in [0.2, 0.25) is 0 Å². The number of ether oxygens (including phenoxy) is 2. The van der Waals surface area contributed by atoms with E-state index in [4.69, 9.17) is 9.47 Å². The molecule has 0 unspecified atom stereocenters. The number of methoxy groups -OCH3 is 1. The molecule has 0 amide bonds. The monoisotopic (exact) mass is 351 g/mol. The van der Waals surface area contributed by atoms with Gasteiger partial charge in [0.15, 0.2) is 5.82 Å². The largest absolute Gasteiger partial charge is 0.495 e. The molecule has 0 aliphatic rings. The lowest BCUT2D eigenvalue weighted by atomic mass is 10.2. The van der Waals surface area contributed by atoms with Gasteiger partial charge < -0.3 is 20.1 Å². The van der Waals surface area contributed by atoms with Crippen molar-refractivity contribution >= 4 is 23.1 Å². The Morgan fingerprint density at radius 2 is 1.85 bits per heavy atom. The van der Waals surface area contributed by atoms with Gasteiger partial charge in [-0.1, -0.05) is 18.2 Å². The van der Waals surface area contributed by atoms with Crippen molar-refractivity contribution in [1.82, 2.24) is 15.2 Å². The van der Waals surface area contributed by atoms with Crippen molar-refractivity contribution in [2.24, 2.45) is 0 Å². The summed E-state index contributed by atoms with van der Waals surface area (Å²) in [5.41, 5.74) is 2.70. The zero-order chi connectivity index (χ0) is 18.4. The third-order valence-corrected chi connectivity index (χ3v) is 3.61. The molecule has 134 valence electrons. The number of nitrogens with zero attached hydrogens (tertiary/aromatic N) is 3. The Kier molecular flexibility index (Phi) is 5.48. The highest BCUT2D eigenvalue weighted by molar-refractivity contribution is 5.66. The molecule has 0 atom stereocenters. The number of hydrogen-bond donors (Lipinski definition) is 2. The standard InChI is InChI=1S/C19H21N5O2/c1-4-26-17-8-6-5-7-14(17)22-19-23-18(12-20-24-19)21-15-11-13(2)9-10-16(15)25-3/h5-12H,4H2,1-3H3,(H2,21,22,23,24). The third-order valence-electron chi connectivity index (χ3n) is 3.61. The molecular weight excluding hydrogens is 330 g/mol. The van der Waals surface area contributed by atoms with Gasteiger partial charge in [-0.25, -0.2) is 0 Å². The highest BCUT2D eigenvalue weighted by Gasteiger charge is 2.08. The minimum atomic E-state index is 0.369. The Labute approximate surface area is 152 Å². The number of nitrogens with one attached hydrogen (secondary N) is 2. The molecule has 0 bridgehead atoms. The Morgan fingerprint density at radius 1 is 1.00 bits per heavy atom. The molecule has 0 fully saturated rings. The summed E-state index contributed by atoms with van der Waals surface area (Å²) in [6, 6.07) is 13.5. The minimum absolute atomic E-state index is 0.369. The Morgan fingerprint density at radius 3 is 2.65 bits per heavy atom. The molecule has 0 aliphatic heterocycles. The predicted octanol–water partition coefficient (Wildman–Crippen LogP) is 4.07. The van der Waals surface area contributed by atoms with Crippen LogP contribution in [0.4, 0.5) is 23.1 Å². The maximum atomic E-state index is 5.61. The molecule has 3 aromatic rings. The van der Waals surface area contributed by atoms with Gasteiger partial charge in [-0.2, -0.15) is 10.1 Å². The summed E-state index contributed by atoms with van der Waals surface area (Å²) in [4.78, 5) is 4.46. The summed E-state index contributed by atoms with van der Waals surface area (Å²) in [6.45, 7) is 4.53. The number of hydrogen-bond acceptors (Lipinski definition) is 7. The predicted molar refractivity (Wildman–Crippen MR) is 102 cm³/mol. The fourth-order valence-electron chi connectivity index (χ4n) is 2.45. The van der Waals surface area contributed by atoms with Gasteiger partial charge >= 0.3 is 0 Å². The second kappa shape index (κ2) is 8.15. The van der Waals surface area contributed by atoms with Crippen molar-refractivity contribution in [1.29, 1.82) is 0 Å². The van der Waals surface area contributed by atoms with E-state index >= 15 is 0 Å². The van der Waals surface area contributed by atoms with Crippen LogP contribution in [-0.4, -0.2) is 28.9 Å². The molecule has 0 saturated carbocycles. The molecule has 2 aromatic carbocycles. The van der Waals surface area contributed by atoms with Gasteiger partial charge in [0.2, 0.25) is 5.95 Å². The Balaban J connectivity index is 1.82. The molecule has 26 heavy (non-hydrogen) atoms. The molecule has 3 rings (SSSR count). The van der Waals surface area contributed by atoms with Gasteiger partial charge in [-0.3, -0.25) is 0 Å². The topological polar surface area (TPSA) is 81.2 Å². The molecule has 7 nitrogen and oxygen atoms in total. The van der Waals surface area contributed by atoms with Crippen LogP contribution in [0.15, 0.2) is 48.7 Å². The fourth-order valence-corrected chi connectivity index (χ4v) is 2.45. The minimum Gasteiger partial charge on any atom is -0.495 e. The number of rotatable bonds is 7. The van der Waals surface area contributed by atoms with E-state index in [1.807, 2.05) is 56.3 Å². The van der Waals surface area contributed by atoms with Crippen molar-refractivity contribution in [2.75, 3.05) is 24.4 Å². The highest BCUT2D eigenvalue weighted by Crippen LogP contribution is 2.29. The maximum absolute atomic E-state index is 5.61. The van der Waals surface area contributed by atoms with Crippen LogP contribution in [0.1, 0.15) is 12.5 Å². The number of anilines is 4. The van der Waals surface area contributed by atoms with E-state index in [0.717, 1.165) is 28.4 Å². The number of para-hydroxylation sites is 2. The van der Waals surface area contributed by atoms with Crippen molar-refractivity contribution in [3.8, 4) is 11.5 Å². The first-order valence-electron chi connectivity index (χ1n) is 8.30. The average molecular weight is 351 g/mol. The number of aryl methyl sites for hydroxylation is 1. The zero-order valence-electron chi connectivity index (χ0n) is 15.0. The summed E-state index contributed by atoms with van der Waals surface area (Å²) in [5, 5.41) is 14.4. The van der Waals surface area contributed by atoms with Crippen LogP contribution in [0.3, 0.4) is 0 Å². The van der Waals surface area contributed by atoms with E-state index in [9.17, 15) is 0 Å². The summed E-state index contributed by atoms with van der Waals surface area (Å²) in [5.74, 6) is 2.39. The molecule has 1 aromatic heterocycles. The summed E-state index contributed by atoms with van der Waals surface area (Å²) < 4.78 is 11.0. The normalized spacial score (nSPS) is 10.3. The molecule has 7 heteroatoms. The first kappa shape index (κ1) is 17.5. The Bertz CT molecular complexity index is 885. The van der Waals surface area contributed by atoms with Crippen molar-refractivity contribution < 1.29 is 9.47 Å². The highest BCUT2D eigenvalue weighted by atomic mass is 16.5. The maximum Gasteiger partial charge on any atom is 0.249 e. The van der Waals surface area contributed by atoms with E-state index in [2.05, 4.69) is 25.8 Å². The van der Waals surface area contributed by atoms with Crippen molar-refractivity contribution in [3.05, 3.63) is 54.2 Å². The van der Waals surface area contributed by atoms with Crippen molar-refractivity contribution in [2.45, 2.75) is 13.8 Å². The van der Waals surface area contributed by atoms with Crippen LogP contribution in [-0.2, 0) is 0 Å². The summed E-state index contributed by atoms with van der Waals surface area (Å²) in [7, 11) is 1.63. The molecule has 1 heterocycles. The molecular formula is C19H21N5O2. The van der Waals surface area contributed by atoms with Gasteiger partial charge in [-0.15, -0.1) is 5.10 Å². The van der Waals surface area contributed by atoms with E-state index in [1.54, 1.807) is 13.3 Å².